The largest absolute Gasteiger partial charge is 0.288 e. The molecule has 0 spiro atoms. The molecule has 1 aromatic rings. The lowest BCUT2D eigenvalue weighted by atomic mass is 10.1. The van der Waals surface area contributed by atoms with Gasteiger partial charge in [-0.3, -0.25) is 24.4 Å². The topological polar surface area (TPSA) is 53.5 Å². The van der Waals surface area contributed by atoms with Crippen LogP contribution in [-0.2, 0) is 9.59 Å². The van der Waals surface area contributed by atoms with E-state index < -0.39 is 11.8 Å². The zero-order chi connectivity index (χ0) is 13.3. The predicted molar refractivity (Wildman–Crippen MR) is 70.4 cm³/mol. The molecule has 18 heavy (non-hydrogen) atoms. The number of rotatable bonds is 1. The average Bonchev–Trinajstić information content (AvgIpc) is 2.40. The third-order valence-electron chi connectivity index (χ3n) is 2.64. The zero-order valence-corrected chi connectivity index (χ0v) is 10.8. The van der Waals surface area contributed by atoms with E-state index in [0.29, 0.717) is 5.56 Å². The number of hydrogen-bond donors (Lipinski definition) is 0. The van der Waals surface area contributed by atoms with Gasteiger partial charge in [0, 0.05) is 26.5 Å². The summed E-state index contributed by atoms with van der Waals surface area (Å²) >= 11 is 4.99. The number of hydrogen-bond acceptors (Lipinski definition) is 4. The van der Waals surface area contributed by atoms with Crippen LogP contribution >= 0.6 is 12.2 Å². The summed E-state index contributed by atoms with van der Waals surface area (Å²) < 4.78 is 0. The Balaban J connectivity index is 2.44. The Kier molecular flexibility index (Phi) is 3.20. The highest BCUT2D eigenvalue weighted by molar-refractivity contribution is 7.80. The molecule has 1 saturated heterocycles. The van der Waals surface area contributed by atoms with E-state index in [-0.39, 0.29) is 10.7 Å². The van der Waals surface area contributed by atoms with Crippen LogP contribution in [0.1, 0.15) is 5.56 Å². The maximum Gasteiger partial charge on any atom is 0.265 e. The monoisotopic (exact) mass is 261 g/mol. The molecule has 0 bridgehead atoms. The van der Waals surface area contributed by atoms with E-state index in [2.05, 4.69) is 4.98 Å². The van der Waals surface area contributed by atoms with E-state index in [1.807, 2.05) is 0 Å². The minimum Gasteiger partial charge on any atom is -0.288 e. The Labute approximate surface area is 110 Å². The molecular weight excluding hydrogens is 250 g/mol. The Morgan fingerprint density at radius 1 is 1.22 bits per heavy atom. The van der Waals surface area contributed by atoms with E-state index in [1.54, 1.807) is 38.6 Å². The molecule has 2 rings (SSSR count). The highest BCUT2D eigenvalue weighted by atomic mass is 32.1. The number of carbonyl (C=O) groups excluding carboxylic acids is 2. The molecule has 2 amide bonds. The van der Waals surface area contributed by atoms with Gasteiger partial charge in [-0.05, 0) is 29.9 Å². The molecule has 0 atom stereocenters. The van der Waals surface area contributed by atoms with E-state index >= 15 is 0 Å². The minimum atomic E-state index is -0.396. The molecule has 1 fully saturated rings. The van der Waals surface area contributed by atoms with Crippen LogP contribution in [-0.4, -0.2) is 45.8 Å². The fraction of sp³-hybridized carbons (Fsp3) is 0.167. The number of amides is 2. The number of aromatic nitrogens is 1. The SMILES string of the molecule is CN1C(=O)C(=Cc2cccnc2)C(=O)N(C)C1=S. The van der Waals surface area contributed by atoms with Gasteiger partial charge >= 0.3 is 0 Å². The molecular formula is C12H11N3O2S. The smallest absolute Gasteiger partial charge is 0.265 e. The summed E-state index contributed by atoms with van der Waals surface area (Å²) in [6, 6.07) is 3.51. The predicted octanol–water partition coefficient (Wildman–Crippen LogP) is 0.680. The van der Waals surface area contributed by atoms with E-state index in [1.165, 1.54) is 15.9 Å². The van der Waals surface area contributed by atoms with Crippen LogP contribution in [0, 0.1) is 0 Å². The first kappa shape index (κ1) is 12.4. The van der Waals surface area contributed by atoms with Gasteiger partial charge in [0.25, 0.3) is 11.8 Å². The van der Waals surface area contributed by atoms with Gasteiger partial charge in [0.2, 0.25) is 0 Å². The van der Waals surface area contributed by atoms with Crippen molar-refractivity contribution >= 4 is 35.2 Å². The third-order valence-corrected chi connectivity index (χ3v) is 3.19. The van der Waals surface area contributed by atoms with Crippen LogP contribution in [0.5, 0.6) is 0 Å². The summed E-state index contributed by atoms with van der Waals surface area (Å²) in [6.45, 7) is 0. The number of likely N-dealkylation sites (N-methyl/N-ethyl adjacent to an activating group) is 2. The van der Waals surface area contributed by atoms with Crippen LogP contribution in [0.25, 0.3) is 6.08 Å². The molecule has 1 aromatic heterocycles. The van der Waals surface area contributed by atoms with Crippen molar-refractivity contribution in [3.8, 4) is 0 Å². The normalized spacial score (nSPS) is 16.3. The van der Waals surface area contributed by atoms with Crippen LogP contribution in [0.15, 0.2) is 30.1 Å². The second kappa shape index (κ2) is 4.66. The number of carbonyl (C=O) groups is 2. The second-order valence-electron chi connectivity index (χ2n) is 3.86. The first-order chi connectivity index (χ1) is 8.52. The highest BCUT2D eigenvalue weighted by Crippen LogP contribution is 2.17. The Morgan fingerprint density at radius 3 is 2.33 bits per heavy atom. The summed E-state index contributed by atoms with van der Waals surface area (Å²) in [5.74, 6) is -0.793. The summed E-state index contributed by atoms with van der Waals surface area (Å²) in [7, 11) is 3.09. The summed E-state index contributed by atoms with van der Waals surface area (Å²) in [6.07, 6.45) is 4.73. The fourth-order valence-corrected chi connectivity index (χ4v) is 1.77. The first-order valence-corrected chi connectivity index (χ1v) is 5.65. The molecule has 5 nitrogen and oxygen atoms in total. The lowest BCUT2D eigenvalue weighted by Gasteiger charge is -2.31. The fourth-order valence-electron chi connectivity index (χ4n) is 1.60. The molecule has 1 aliphatic rings. The van der Waals surface area contributed by atoms with Gasteiger partial charge in [-0.25, -0.2) is 0 Å². The van der Waals surface area contributed by atoms with Gasteiger partial charge in [-0.2, -0.15) is 0 Å². The van der Waals surface area contributed by atoms with Crippen LogP contribution in [0.2, 0.25) is 0 Å². The lowest BCUT2D eigenvalue weighted by molar-refractivity contribution is -0.132. The maximum absolute atomic E-state index is 12.0. The van der Waals surface area contributed by atoms with Crippen molar-refractivity contribution in [2.45, 2.75) is 0 Å². The standard InChI is InChI=1S/C12H11N3O2S/c1-14-10(16)9(11(17)15(2)12(14)18)6-8-4-3-5-13-7-8/h3-7H,1-2H3. The van der Waals surface area contributed by atoms with Crippen molar-refractivity contribution in [1.29, 1.82) is 0 Å². The molecule has 6 heteroatoms. The average molecular weight is 261 g/mol. The molecule has 0 saturated carbocycles. The first-order valence-electron chi connectivity index (χ1n) is 5.24. The molecule has 92 valence electrons. The molecule has 0 radical (unpaired) electrons. The second-order valence-corrected chi connectivity index (χ2v) is 4.22. The van der Waals surface area contributed by atoms with Gasteiger partial charge in [0.1, 0.15) is 5.57 Å². The Bertz CT molecular complexity index is 528. The van der Waals surface area contributed by atoms with Crippen molar-refractivity contribution in [3.63, 3.8) is 0 Å². The molecule has 0 aromatic carbocycles. The van der Waals surface area contributed by atoms with Crippen LogP contribution < -0.4 is 0 Å². The van der Waals surface area contributed by atoms with Crippen molar-refractivity contribution < 1.29 is 9.59 Å². The van der Waals surface area contributed by atoms with Crippen molar-refractivity contribution in [2.24, 2.45) is 0 Å². The quantitative estimate of drug-likeness (QED) is 0.424. The molecule has 0 unspecified atom stereocenters. The number of pyridine rings is 1. The van der Waals surface area contributed by atoms with E-state index in [4.69, 9.17) is 12.2 Å². The third kappa shape index (κ3) is 2.02. The Hall–Kier alpha value is -2.08. The highest BCUT2D eigenvalue weighted by Gasteiger charge is 2.35. The zero-order valence-electron chi connectivity index (χ0n) is 9.95. The lowest BCUT2D eigenvalue weighted by Crippen LogP contribution is -2.52. The van der Waals surface area contributed by atoms with Gasteiger partial charge in [-0.1, -0.05) is 6.07 Å². The molecule has 1 aliphatic heterocycles. The van der Waals surface area contributed by atoms with Gasteiger partial charge in [0.15, 0.2) is 5.11 Å². The van der Waals surface area contributed by atoms with Crippen molar-refractivity contribution in [1.82, 2.24) is 14.8 Å². The van der Waals surface area contributed by atoms with Crippen molar-refractivity contribution in [2.75, 3.05) is 14.1 Å². The van der Waals surface area contributed by atoms with Crippen LogP contribution in [0.3, 0.4) is 0 Å². The van der Waals surface area contributed by atoms with Gasteiger partial charge < -0.3 is 0 Å². The van der Waals surface area contributed by atoms with Gasteiger partial charge in [-0.15, -0.1) is 0 Å². The van der Waals surface area contributed by atoms with E-state index in [9.17, 15) is 9.59 Å². The summed E-state index contributed by atoms with van der Waals surface area (Å²) in [5.41, 5.74) is 0.783. The minimum absolute atomic E-state index is 0.0848. The van der Waals surface area contributed by atoms with Crippen LogP contribution in [0.4, 0.5) is 0 Å². The summed E-state index contributed by atoms with van der Waals surface area (Å²) in [4.78, 5) is 30.5. The number of nitrogens with zero attached hydrogens (tertiary/aromatic N) is 3. The van der Waals surface area contributed by atoms with E-state index in [0.717, 1.165) is 0 Å². The molecule has 2 heterocycles. The summed E-state index contributed by atoms with van der Waals surface area (Å²) in [5, 5.41) is 0.202. The Morgan fingerprint density at radius 2 is 1.83 bits per heavy atom. The molecule has 0 aliphatic carbocycles. The van der Waals surface area contributed by atoms with Crippen molar-refractivity contribution in [3.05, 3.63) is 35.7 Å². The number of thiocarbonyl (C=S) groups is 1. The van der Waals surface area contributed by atoms with Gasteiger partial charge in [0.05, 0.1) is 0 Å². The molecule has 0 N–H and O–H groups in total. The maximum atomic E-state index is 12.0.